The van der Waals surface area contributed by atoms with Gasteiger partial charge >= 0.3 is 0 Å². The zero-order chi connectivity index (χ0) is 12.6. The van der Waals surface area contributed by atoms with Gasteiger partial charge in [0.25, 0.3) is 0 Å². The van der Waals surface area contributed by atoms with Crippen LogP contribution >= 0.6 is 43.2 Å². The molecule has 2 heterocycles. The van der Waals surface area contributed by atoms with Gasteiger partial charge in [-0.2, -0.15) is 0 Å². The molecule has 3 nitrogen and oxygen atoms in total. The minimum atomic E-state index is 0.0221. The van der Waals surface area contributed by atoms with Crippen molar-refractivity contribution in [2.24, 2.45) is 5.73 Å². The van der Waals surface area contributed by atoms with Crippen molar-refractivity contribution in [3.8, 4) is 0 Å². The number of rotatable bonds is 2. The number of likely N-dealkylation sites (tertiary alicyclic amines) is 1. The maximum atomic E-state index is 11.9. The molecule has 2 N–H and O–H groups in total. The van der Waals surface area contributed by atoms with Gasteiger partial charge in [-0.25, -0.2) is 0 Å². The van der Waals surface area contributed by atoms with E-state index in [9.17, 15) is 4.79 Å². The lowest BCUT2D eigenvalue weighted by atomic mass is 9.95. The highest BCUT2D eigenvalue weighted by Gasteiger charge is 2.35. The number of hydrogen-bond donors (Lipinski definition) is 1. The van der Waals surface area contributed by atoms with E-state index < -0.39 is 0 Å². The summed E-state index contributed by atoms with van der Waals surface area (Å²) >= 11 is 8.61. The molecule has 2 rings (SSSR count). The second-order valence-corrected chi connectivity index (χ2v) is 7.35. The van der Waals surface area contributed by atoms with Gasteiger partial charge in [-0.15, -0.1) is 11.3 Å². The third-order valence-corrected chi connectivity index (χ3v) is 6.38. The maximum absolute atomic E-state index is 11.9. The van der Waals surface area contributed by atoms with E-state index in [2.05, 4.69) is 37.9 Å². The summed E-state index contributed by atoms with van der Waals surface area (Å²) in [5.41, 5.74) is 6.18. The summed E-state index contributed by atoms with van der Waals surface area (Å²) < 4.78 is 2.08. The summed E-state index contributed by atoms with van der Waals surface area (Å²) in [5.74, 6) is 0.208. The first-order valence-electron chi connectivity index (χ1n) is 5.54. The Balaban J connectivity index is 2.35. The van der Waals surface area contributed by atoms with Gasteiger partial charge in [-0.3, -0.25) is 4.79 Å². The van der Waals surface area contributed by atoms with Gasteiger partial charge < -0.3 is 10.6 Å². The van der Waals surface area contributed by atoms with Gasteiger partial charge in [-0.1, -0.05) is 0 Å². The number of carbonyl (C=O) groups excluding carboxylic acids is 1. The molecule has 0 saturated carbocycles. The lowest BCUT2D eigenvalue weighted by Gasteiger charge is -2.38. The minimum absolute atomic E-state index is 0.0221. The summed E-state index contributed by atoms with van der Waals surface area (Å²) in [7, 11) is 0. The second kappa shape index (κ2) is 5.38. The summed E-state index contributed by atoms with van der Waals surface area (Å²) in [6.45, 7) is 2.71. The first-order valence-corrected chi connectivity index (χ1v) is 7.94. The number of nitrogens with two attached hydrogens (primary N) is 1. The predicted molar refractivity (Wildman–Crippen MR) is 77.1 cm³/mol. The number of amides is 1. The summed E-state index contributed by atoms with van der Waals surface area (Å²) in [6, 6.07) is 2.11. The second-order valence-electron chi connectivity index (χ2n) is 4.10. The first kappa shape index (κ1) is 13.5. The van der Waals surface area contributed by atoms with Gasteiger partial charge in [0.05, 0.1) is 9.83 Å². The third kappa shape index (κ3) is 2.59. The fourth-order valence-corrected chi connectivity index (χ4v) is 4.50. The average molecular weight is 382 g/mol. The van der Waals surface area contributed by atoms with Gasteiger partial charge in [0.2, 0.25) is 5.91 Å². The standard InChI is InChI=1S/C11H14Br2N2OS/c1-2-15-9(16)4-3-7(14)10(15)8-5-6(12)11(13)17-8/h5,7,10H,2-4,14H2,1H3. The normalized spacial score (nSPS) is 25.4. The number of nitrogens with zero attached hydrogens (tertiary/aromatic N) is 1. The molecule has 6 heteroatoms. The van der Waals surface area contributed by atoms with Crippen LogP contribution in [0.2, 0.25) is 0 Å². The fraction of sp³-hybridized carbons (Fsp3) is 0.545. The number of hydrogen-bond acceptors (Lipinski definition) is 3. The average Bonchev–Trinajstić information content (AvgIpc) is 2.61. The molecule has 17 heavy (non-hydrogen) atoms. The van der Waals surface area contributed by atoms with Crippen LogP contribution in [0, 0.1) is 0 Å². The van der Waals surface area contributed by atoms with E-state index >= 15 is 0 Å². The van der Waals surface area contributed by atoms with Crippen LogP contribution in [0.25, 0.3) is 0 Å². The molecule has 1 aromatic heterocycles. The largest absolute Gasteiger partial charge is 0.334 e. The van der Waals surface area contributed by atoms with Gasteiger partial charge in [0.1, 0.15) is 0 Å². The van der Waals surface area contributed by atoms with Crippen molar-refractivity contribution < 1.29 is 4.79 Å². The van der Waals surface area contributed by atoms with Crippen LogP contribution in [0.5, 0.6) is 0 Å². The zero-order valence-electron chi connectivity index (χ0n) is 9.45. The van der Waals surface area contributed by atoms with E-state index in [1.165, 1.54) is 0 Å². The monoisotopic (exact) mass is 380 g/mol. The van der Waals surface area contributed by atoms with Crippen LogP contribution < -0.4 is 5.73 Å². The fourth-order valence-electron chi connectivity index (χ4n) is 2.22. The highest BCUT2D eigenvalue weighted by Crippen LogP contribution is 2.40. The Kier molecular flexibility index (Phi) is 4.28. The quantitative estimate of drug-likeness (QED) is 0.854. The molecule has 2 unspecified atom stereocenters. The molecular weight excluding hydrogens is 368 g/mol. The highest BCUT2D eigenvalue weighted by molar-refractivity contribution is 9.13. The van der Waals surface area contributed by atoms with E-state index in [1.54, 1.807) is 11.3 Å². The summed E-state index contributed by atoms with van der Waals surface area (Å²) in [6.07, 6.45) is 1.34. The first-order chi connectivity index (χ1) is 8.04. The Labute approximate surface area is 122 Å². The van der Waals surface area contributed by atoms with Crippen molar-refractivity contribution >= 4 is 49.1 Å². The lowest BCUT2D eigenvalue weighted by molar-refractivity contribution is -0.136. The van der Waals surface area contributed by atoms with E-state index in [-0.39, 0.29) is 18.0 Å². The molecule has 2 atom stereocenters. The highest BCUT2D eigenvalue weighted by atomic mass is 79.9. The van der Waals surface area contributed by atoms with Crippen LogP contribution in [0.4, 0.5) is 0 Å². The summed E-state index contributed by atoms with van der Waals surface area (Å²) in [4.78, 5) is 14.9. The molecule has 1 aliphatic rings. The molecular formula is C11H14Br2N2OS. The van der Waals surface area contributed by atoms with Crippen LogP contribution in [0.3, 0.4) is 0 Å². The van der Waals surface area contributed by atoms with E-state index in [1.807, 2.05) is 11.8 Å². The van der Waals surface area contributed by atoms with Crippen molar-refractivity contribution in [3.05, 3.63) is 19.2 Å². The molecule has 0 bridgehead atoms. The zero-order valence-corrected chi connectivity index (χ0v) is 13.4. The Morgan fingerprint density at radius 3 is 2.82 bits per heavy atom. The number of thiophene rings is 1. The molecule has 1 saturated heterocycles. The van der Waals surface area contributed by atoms with Crippen LogP contribution in [-0.2, 0) is 4.79 Å². The van der Waals surface area contributed by atoms with Gasteiger partial charge in [-0.05, 0) is 51.3 Å². The van der Waals surface area contributed by atoms with Gasteiger partial charge in [0, 0.05) is 28.4 Å². The molecule has 94 valence electrons. The van der Waals surface area contributed by atoms with Crippen LogP contribution in [0.15, 0.2) is 14.3 Å². The van der Waals surface area contributed by atoms with E-state index in [0.717, 1.165) is 19.6 Å². The molecule has 0 radical (unpaired) electrons. The Morgan fingerprint density at radius 2 is 2.29 bits per heavy atom. The Morgan fingerprint density at radius 1 is 1.59 bits per heavy atom. The molecule has 1 aromatic rings. The minimum Gasteiger partial charge on any atom is -0.334 e. The Bertz CT molecular complexity index is 416. The Hall–Kier alpha value is 0.0900. The molecule has 1 aliphatic heterocycles. The molecule has 1 amide bonds. The van der Waals surface area contributed by atoms with Crippen molar-refractivity contribution in [3.63, 3.8) is 0 Å². The van der Waals surface area contributed by atoms with E-state index in [4.69, 9.17) is 5.73 Å². The number of likely N-dealkylation sites (N-methyl/N-ethyl adjacent to an activating group) is 1. The molecule has 1 fully saturated rings. The van der Waals surface area contributed by atoms with Crippen molar-refractivity contribution in [2.45, 2.75) is 31.8 Å². The number of piperidine rings is 1. The number of halogens is 2. The van der Waals surface area contributed by atoms with Crippen LogP contribution in [0.1, 0.15) is 30.7 Å². The molecule has 0 spiro atoms. The van der Waals surface area contributed by atoms with Crippen molar-refractivity contribution in [1.82, 2.24) is 4.90 Å². The van der Waals surface area contributed by atoms with E-state index in [0.29, 0.717) is 13.0 Å². The topological polar surface area (TPSA) is 46.3 Å². The molecule has 0 aliphatic carbocycles. The maximum Gasteiger partial charge on any atom is 0.223 e. The van der Waals surface area contributed by atoms with Crippen molar-refractivity contribution in [2.75, 3.05) is 6.54 Å². The number of carbonyl (C=O) groups is 1. The molecule has 0 aromatic carbocycles. The summed E-state index contributed by atoms with van der Waals surface area (Å²) in [5, 5.41) is 0. The lowest BCUT2D eigenvalue weighted by Crippen LogP contribution is -2.48. The van der Waals surface area contributed by atoms with Crippen molar-refractivity contribution in [1.29, 1.82) is 0 Å². The van der Waals surface area contributed by atoms with Crippen LogP contribution in [-0.4, -0.2) is 23.4 Å². The SMILES string of the molecule is CCN1C(=O)CCC(N)C1c1cc(Br)c(Br)s1. The predicted octanol–water partition coefficient (Wildman–Crippen LogP) is 3.28. The smallest absolute Gasteiger partial charge is 0.223 e. The van der Waals surface area contributed by atoms with Gasteiger partial charge in [0.15, 0.2) is 0 Å². The third-order valence-electron chi connectivity index (χ3n) is 3.05.